The Balaban J connectivity index is 2.56. The summed E-state index contributed by atoms with van der Waals surface area (Å²) in [6.45, 7) is 0. The normalized spacial score (nSPS) is 10.3. The van der Waals surface area contributed by atoms with Crippen molar-refractivity contribution in [2.24, 2.45) is 0 Å². The summed E-state index contributed by atoms with van der Waals surface area (Å²) in [4.78, 5) is 11.2. The van der Waals surface area contributed by atoms with Crippen LogP contribution in [0.5, 0.6) is 11.5 Å². The molecule has 0 saturated carbocycles. The van der Waals surface area contributed by atoms with E-state index in [1.165, 1.54) is 0 Å². The largest absolute Gasteiger partial charge is 0.493 e. The zero-order valence-corrected chi connectivity index (χ0v) is 12.5. The van der Waals surface area contributed by atoms with Crippen LogP contribution in [0.25, 0.3) is 5.69 Å². The van der Waals surface area contributed by atoms with E-state index in [2.05, 4.69) is 22.6 Å². The van der Waals surface area contributed by atoms with Crippen LogP contribution >= 0.6 is 22.6 Å². The summed E-state index contributed by atoms with van der Waals surface area (Å²) in [7, 11) is 3.10. The fourth-order valence-corrected chi connectivity index (χ4v) is 2.36. The van der Waals surface area contributed by atoms with E-state index in [-0.39, 0.29) is 5.69 Å². The summed E-state index contributed by atoms with van der Waals surface area (Å²) in [6.07, 6.45) is 1.76. The van der Waals surface area contributed by atoms with E-state index in [4.69, 9.17) is 9.47 Å². The lowest BCUT2D eigenvalue weighted by Crippen LogP contribution is -2.05. The van der Waals surface area contributed by atoms with Crippen molar-refractivity contribution in [1.29, 1.82) is 0 Å². The van der Waals surface area contributed by atoms with Gasteiger partial charge in [0, 0.05) is 21.5 Å². The Morgan fingerprint density at radius 2 is 1.89 bits per heavy atom. The third-order valence-corrected chi connectivity index (χ3v) is 3.24. The summed E-state index contributed by atoms with van der Waals surface area (Å²) in [6, 6.07) is 6.87. The van der Waals surface area contributed by atoms with Crippen LogP contribution in [0.3, 0.4) is 0 Å². The van der Waals surface area contributed by atoms with Crippen LogP contribution in [-0.2, 0) is 0 Å². The Morgan fingerprint density at radius 3 is 2.47 bits per heavy atom. The Labute approximate surface area is 123 Å². The molecule has 0 radical (unpaired) electrons. The van der Waals surface area contributed by atoms with Gasteiger partial charge in [0.1, 0.15) is 5.69 Å². The smallest absolute Gasteiger partial charge is 0.352 e. The van der Waals surface area contributed by atoms with Gasteiger partial charge in [-0.3, -0.25) is 0 Å². The van der Waals surface area contributed by atoms with Crippen LogP contribution in [0.15, 0.2) is 30.5 Å². The molecule has 19 heavy (non-hydrogen) atoms. The number of aromatic carboxylic acids is 1. The molecule has 6 heteroatoms. The zero-order chi connectivity index (χ0) is 14.0. The fourth-order valence-electron chi connectivity index (χ4n) is 1.78. The molecular formula is C13H12INO4. The van der Waals surface area contributed by atoms with Crippen LogP contribution in [0, 0.1) is 3.57 Å². The van der Waals surface area contributed by atoms with Gasteiger partial charge in [-0.05, 0) is 40.8 Å². The lowest BCUT2D eigenvalue weighted by Gasteiger charge is -2.11. The summed E-state index contributed by atoms with van der Waals surface area (Å²) in [5.41, 5.74) is 0.912. The maximum absolute atomic E-state index is 11.2. The summed E-state index contributed by atoms with van der Waals surface area (Å²) in [5, 5.41) is 9.19. The maximum atomic E-state index is 11.2. The number of aromatic nitrogens is 1. The van der Waals surface area contributed by atoms with Gasteiger partial charge in [-0.15, -0.1) is 0 Å². The van der Waals surface area contributed by atoms with Crippen molar-refractivity contribution in [1.82, 2.24) is 4.57 Å². The molecule has 0 atom stereocenters. The molecule has 5 nitrogen and oxygen atoms in total. The maximum Gasteiger partial charge on any atom is 0.352 e. The molecule has 0 spiro atoms. The van der Waals surface area contributed by atoms with Gasteiger partial charge in [0.05, 0.1) is 14.2 Å². The monoisotopic (exact) mass is 373 g/mol. The number of carboxylic acid groups (broad SMARTS) is 1. The second-order valence-electron chi connectivity index (χ2n) is 3.76. The first kappa shape index (κ1) is 13.7. The standard InChI is InChI=1S/C13H12INO4/c1-18-11-4-3-9(6-12(11)19-2)15-7-8(14)5-10(15)13(16)17/h3-7H,1-2H3,(H,16,17). The van der Waals surface area contributed by atoms with Crippen molar-refractivity contribution in [2.75, 3.05) is 14.2 Å². The Morgan fingerprint density at radius 1 is 1.21 bits per heavy atom. The van der Waals surface area contributed by atoms with Gasteiger partial charge in [-0.25, -0.2) is 4.79 Å². The zero-order valence-electron chi connectivity index (χ0n) is 10.4. The van der Waals surface area contributed by atoms with E-state index in [0.29, 0.717) is 17.2 Å². The highest BCUT2D eigenvalue weighted by atomic mass is 127. The number of nitrogens with zero attached hydrogens (tertiary/aromatic N) is 1. The summed E-state index contributed by atoms with van der Waals surface area (Å²) in [5.74, 6) is 0.183. The Hall–Kier alpha value is -1.70. The highest BCUT2D eigenvalue weighted by molar-refractivity contribution is 14.1. The number of hydrogen-bond donors (Lipinski definition) is 1. The van der Waals surface area contributed by atoms with Gasteiger partial charge in [0.25, 0.3) is 0 Å². The van der Waals surface area contributed by atoms with E-state index in [1.54, 1.807) is 49.2 Å². The molecule has 0 unspecified atom stereocenters. The number of carbonyl (C=O) groups is 1. The van der Waals surface area contributed by atoms with Crippen LogP contribution in [-0.4, -0.2) is 29.9 Å². The van der Waals surface area contributed by atoms with E-state index >= 15 is 0 Å². The van der Waals surface area contributed by atoms with Crippen molar-refractivity contribution in [3.63, 3.8) is 0 Å². The van der Waals surface area contributed by atoms with E-state index in [9.17, 15) is 9.90 Å². The topological polar surface area (TPSA) is 60.7 Å². The van der Waals surface area contributed by atoms with Crippen molar-refractivity contribution in [3.8, 4) is 17.2 Å². The molecular weight excluding hydrogens is 361 g/mol. The Bertz CT molecular complexity index is 621. The van der Waals surface area contributed by atoms with Gasteiger partial charge in [0.2, 0.25) is 0 Å². The predicted octanol–water partition coefficient (Wildman–Crippen LogP) is 2.80. The molecule has 0 bridgehead atoms. The molecule has 0 aliphatic carbocycles. The lowest BCUT2D eigenvalue weighted by atomic mass is 10.2. The highest BCUT2D eigenvalue weighted by Gasteiger charge is 2.14. The lowest BCUT2D eigenvalue weighted by molar-refractivity contribution is 0.0688. The molecule has 100 valence electrons. The van der Waals surface area contributed by atoms with Gasteiger partial charge < -0.3 is 19.1 Å². The number of rotatable bonds is 4. The SMILES string of the molecule is COc1ccc(-n2cc(I)cc2C(=O)O)cc1OC. The van der Waals surface area contributed by atoms with Crippen LogP contribution < -0.4 is 9.47 Å². The molecule has 0 aliphatic heterocycles. The van der Waals surface area contributed by atoms with Crippen LogP contribution in [0.4, 0.5) is 0 Å². The summed E-state index contributed by atoms with van der Waals surface area (Å²) >= 11 is 2.08. The van der Waals surface area contributed by atoms with Crippen molar-refractivity contribution in [2.45, 2.75) is 0 Å². The third-order valence-electron chi connectivity index (χ3n) is 2.65. The van der Waals surface area contributed by atoms with Crippen LogP contribution in [0.1, 0.15) is 10.5 Å². The van der Waals surface area contributed by atoms with Crippen molar-refractivity contribution >= 4 is 28.6 Å². The van der Waals surface area contributed by atoms with Gasteiger partial charge in [-0.1, -0.05) is 0 Å². The molecule has 0 amide bonds. The third kappa shape index (κ3) is 2.67. The Kier molecular flexibility index (Phi) is 3.98. The minimum absolute atomic E-state index is 0.205. The predicted molar refractivity (Wildman–Crippen MR) is 78.5 cm³/mol. The van der Waals surface area contributed by atoms with E-state index < -0.39 is 5.97 Å². The molecule has 0 aliphatic rings. The highest BCUT2D eigenvalue weighted by Crippen LogP contribution is 2.30. The molecule has 1 N–H and O–H groups in total. The quantitative estimate of drug-likeness (QED) is 0.838. The number of ether oxygens (including phenoxy) is 2. The number of methoxy groups -OCH3 is 2. The second kappa shape index (κ2) is 5.52. The van der Waals surface area contributed by atoms with Crippen molar-refractivity contribution < 1.29 is 19.4 Å². The van der Waals surface area contributed by atoms with Gasteiger partial charge in [0.15, 0.2) is 11.5 Å². The number of carboxylic acids is 1. The average molecular weight is 373 g/mol. The molecule has 1 aromatic heterocycles. The first-order valence-corrected chi connectivity index (χ1v) is 6.48. The van der Waals surface area contributed by atoms with E-state index in [1.807, 2.05) is 0 Å². The molecule has 1 aromatic carbocycles. The summed E-state index contributed by atoms with van der Waals surface area (Å²) < 4.78 is 12.8. The first-order valence-electron chi connectivity index (χ1n) is 5.40. The minimum Gasteiger partial charge on any atom is -0.493 e. The second-order valence-corrected chi connectivity index (χ2v) is 5.00. The molecule has 0 saturated heterocycles. The molecule has 0 fully saturated rings. The number of hydrogen-bond acceptors (Lipinski definition) is 3. The number of halogens is 1. The molecule has 2 aromatic rings. The molecule has 2 rings (SSSR count). The fraction of sp³-hybridized carbons (Fsp3) is 0.154. The van der Waals surface area contributed by atoms with Gasteiger partial charge >= 0.3 is 5.97 Å². The van der Waals surface area contributed by atoms with Crippen molar-refractivity contribution in [3.05, 3.63) is 39.7 Å². The number of benzene rings is 1. The van der Waals surface area contributed by atoms with Gasteiger partial charge in [-0.2, -0.15) is 0 Å². The first-order chi connectivity index (χ1) is 9.06. The minimum atomic E-state index is -0.974. The van der Waals surface area contributed by atoms with E-state index in [0.717, 1.165) is 3.57 Å². The average Bonchev–Trinajstić information content (AvgIpc) is 2.80. The van der Waals surface area contributed by atoms with Crippen LogP contribution in [0.2, 0.25) is 0 Å². The molecule has 1 heterocycles.